The highest BCUT2D eigenvalue weighted by molar-refractivity contribution is 5.79. The summed E-state index contributed by atoms with van der Waals surface area (Å²) in [7, 11) is 0. The van der Waals surface area contributed by atoms with Crippen LogP contribution in [0, 0.1) is 6.92 Å². The first kappa shape index (κ1) is 14.5. The first-order chi connectivity index (χ1) is 10.1. The van der Waals surface area contributed by atoms with E-state index in [4.69, 9.17) is 4.74 Å². The van der Waals surface area contributed by atoms with Crippen LogP contribution < -0.4 is 5.32 Å². The molecule has 1 aliphatic heterocycles. The molecule has 21 heavy (non-hydrogen) atoms. The van der Waals surface area contributed by atoms with E-state index < -0.39 is 0 Å². The van der Waals surface area contributed by atoms with E-state index in [0.29, 0.717) is 18.2 Å². The molecule has 1 fully saturated rings. The number of aryl methyl sites for hydroxylation is 1. The van der Waals surface area contributed by atoms with Crippen molar-refractivity contribution in [3.8, 4) is 0 Å². The van der Waals surface area contributed by atoms with Crippen molar-refractivity contribution in [3.63, 3.8) is 0 Å². The van der Waals surface area contributed by atoms with E-state index in [0.717, 1.165) is 30.6 Å². The smallest absolute Gasteiger partial charge is 0.0705 e. The van der Waals surface area contributed by atoms with Gasteiger partial charge in [-0.3, -0.25) is 4.98 Å². The van der Waals surface area contributed by atoms with Gasteiger partial charge >= 0.3 is 0 Å². The molecule has 0 saturated carbocycles. The molecule has 1 N–H and O–H groups in total. The maximum absolute atomic E-state index is 5.79. The number of nitrogens with one attached hydrogen (secondary N) is 1. The SMILES string of the molecule is Cc1ccc2cc(CNC3CC(C)OC(C)C3)ccc2n1. The van der Waals surface area contributed by atoms with E-state index in [1.807, 2.05) is 6.92 Å². The topological polar surface area (TPSA) is 34.1 Å². The number of ether oxygens (including phenoxy) is 1. The zero-order chi connectivity index (χ0) is 14.8. The number of pyridine rings is 1. The van der Waals surface area contributed by atoms with Crippen LogP contribution in [-0.2, 0) is 11.3 Å². The molecule has 2 unspecified atom stereocenters. The Morgan fingerprint density at radius 2 is 1.90 bits per heavy atom. The summed E-state index contributed by atoms with van der Waals surface area (Å²) in [5.74, 6) is 0. The van der Waals surface area contributed by atoms with Crippen LogP contribution in [0.3, 0.4) is 0 Å². The standard InChI is InChI=1S/C18H24N2O/c1-12-4-6-16-10-15(5-7-18(16)20-12)11-19-17-8-13(2)21-14(3)9-17/h4-7,10,13-14,17,19H,8-9,11H2,1-3H3. The van der Waals surface area contributed by atoms with Crippen molar-refractivity contribution in [2.45, 2.75) is 58.4 Å². The monoisotopic (exact) mass is 284 g/mol. The molecule has 0 spiro atoms. The Kier molecular flexibility index (Phi) is 4.22. The van der Waals surface area contributed by atoms with Crippen LogP contribution in [0.5, 0.6) is 0 Å². The third-order valence-corrected chi connectivity index (χ3v) is 4.19. The number of benzene rings is 1. The zero-order valence-corrected chi connectivity index (χ0v) is 13.1. The van der Waals surface area contributed by atoms with E-state index >= 15 is 0 Å². The van der Waals surface area contributed by atoms with Crippen LogP contribution in [0.1, 0.15) is 37.9 Å². The largest absolute Gasteiger partial charge is 0.375 e. The minimum atomic E-state index is 0.357. The van der Waals surface area contributed by atoms with E-state index in [2.05, 4.69) is 54.5 Å². The fourth-order valence-electron chi connectivity index (χ4n) is 3.22. The molecule has 2 aromatic rings. The summed E-state index contributed by atoms with van der Waals surface area (Å²) in [6, 6.07) is 11.3. The molecule has 0 aliphatic carbocycles. The van der Waals surface area contributed by atoms with Gasteiger partial charge in [-0.2, -0.15) is 0 Å². The lowest BCUT2D eigenvalue weighted by molar-refractivity contribution is -0.0422. The quantitative estimate of drug-likeness (QED) is 0.935. The first-order valence-corrected chi connectivity index (χ1v) is 7.85. The number of aromatic nitrogens is 1. The molecule has 112 valence electrons. The van der Waals surface area contributed by atoms with Crippen molar-refractivity contribution in [3.05, 3.63) is 41.6 Å². The summed E-state index contributed by atoms with van der Waals surface area (Å²) >= 11 is 0. The maximum Gasteiger partial charge on any atom is 0.0705 e. The second kappa shape index (κ2) is 6.12. The molecule has 3 heteroatoms. The average molecular weight is 284 g/mol. The van der Waals surface area contributed by atoms with Crippen LogP contribution in [0.25, 0.3) is 10.9 Å². The maximum atomic E-state index is 5.79. The minimum absolute atomic E-state index is 0.357. The average Bonchev–Trinajstić information content (AvgIpc) is 2.44. The van der Waals surface area contributed by atoms with E-state index in [-0.39, 0.29) is 0 Å². The Labute approximate surface area is 126 Å². The van der Waals surface area contributed by atoms with Gasteiger partial charge in [0.15, 0.2) is 0 Å². The predicted octanol–water partition coefficient (Wildman–Crippen LogP) is 3.59. The second-order valence-electron chi connectivity index (χ2n) is 6.29. The summed E-state index contributed by atoms with van der Waals surface area (Å²) in [6.45, 7) is 7.26. The molecular formula is C18H24N2O. The van der Waals surface area contributed by atoms with Crippen molar-refractivity contribution in [1.82, 2.24) is 10.3 Å². The number of hydrogen-bond acceptors (Lipinski definition) is 3. The highest BCUT2D eigenvalue weighted by Crippen LogP contribution is 2.20. The van der Waals surface area contributed by atoms with Crippen LogP contribution in [0.4, 0.5) is 0 Å². The molecule has 1 aliphatic rings. The third kappa shape index (κ3) is 3.60. The number of fused-ring (bicyclic) bond motifs is 1. The molecule has 0 radical (unpaired) electrons. The van der Waals surface area contributed by atoms with E-state index in [1.54, 1.807) is 0 Å². The third-order valence-electron chi connectivity index (χ3n) is 4.19. The molecule has 0 bridgehead atoms. The Morgan fingerprint density at radius 1 is 1.14 bits per heavy atom. The van der Waals surface area contributed by atoms with Gasteiger partial charge in [0.1, 0.15) is 0 Å². The van der Waals surface area contributed by atoms with Gasteiger partial charge in [-0.05, 0) is 57.4 Å². The number of hydrogen-bond donors (Lipinski definition) is 1. The molecule has 3 nitrogen and oxygen atoms in total. The Bertz CT molecular complexity index is 616. The number of rotatable bonds is 3. The van der Waals surface area contributed by atoms with Gasteiger partial charge in [-0.15, -0.1) is 0 Å². The fourth-order valence-corrected chi connectivity index (χ4v) is 3.22. The zero-order valence-electron chi connectivity index (χ0n) is 13.1. The second-order valence-corrected chi connectivity index (χ2v) is 6.29. The van der Waals surface area contributed by atoms with Crippen molar-refractivity contribution in [1.29, 1.82) is 0 Å². The Morgan fingerprint density at radius 3 is 2.67 bits per heavy atom. The molecule has 3 rings (SSSR count). The van der Waals surface area contributed by atoms with Crippen LogP contribution in [-0.4, -0.2) is 23.2 Å². The fraction of sp³-hybridized carbons (Fsp3) is 0.500. The van der Waals surface area contributed by atoms with Gasteiger partial charge in [0.05, 0.1) is 17.7 Å². The molecular weight excluding hydrogens is 260 g/mol. The van der Waals surface area contributed by atoms with Gasteiger partial charge in [-0.1, -0.05) is 12.1 Å². The molecule has 0 amide bonds. The lowest BCUT2D eigenvalue weighted by Crippen LogP contribution is -2.40. The molecule has 1 aromatic carbocycles. The van der Waals surface area contributed by atoms with Gasteiger partial charge in [0, 0.05) is 23.7 Å². The van der Waals surface area contributed by atoms with Crippen molar-refractivity contribution < 1.29 is 4.74 Å². The van der Waals surface area contributed by atoms with Crippen molar-refractivity contribution >= 4 is 10.9 Å². The van der Waals surface area contributed by atoms with Gasteiger partial charge in [-0.25, -0.2) is 0 Å². The summed E-state index contributed by atoms with van der Waals surface area (Å²) in [5.41, 5.74) is 3.46. The summed E-state index contributed by atoms with van der Waals surface area (Å²) < 4.78 is 5.79. The lowest BCUT2D eigenvalue weighted by Gasteiger charge is -2.32. The minimum Gasteiger partial charge on any atom is -0.375 e. The Hall–Kier alpha value is -1.45. The highest BCUT2D eigenvalue weighted by Gasteiger charge is 2.23. The number of nitrogens with zero attached hydrogens (tertiary/aromatic N) is 1. The molecule has 1 aromatic heterocycles. The van der Waals surface area contributed by atoms with Crippen molar-refractivity contribution in [2.24, 2.45) is 0 Å². The van der Waals surface area contributed by atoms with E-state index in [1.165, 1.54) is 10.9 Å². The molecule has 1 saturated heterocycles. The van der Waals surface area contributed by atoms with Gasteiger partial charge < -0.3 is 10.1 Å². The van der Waals surface area contributed by atoms with Crippen LogP contribution >= 0.6 is 0 Å². The van der Waals surface area contributed by atoms with Gasteiger partial charge in [0.25, 0.3) is 0 Å². The summed E-state index contributed by atoms with van der Waals surface area (Å²) in [4.78, 5) is 4.55. The summed E-state index contributed by atoms with van der Waals surface area (Å²) in [6.07, 6.45) is 2.90. The van der Waals surface area contributed by atoms with Crippen molar-refractivity contribution in [2.75, 3.05) is 0 Å². The first-order valence-electron chi connectivity index (χ1n) is 7.85. The van der Waals surface area contributed by atoms with Gasteiger partial charge in [0.2, 0.25) is 0 Å². The Balaban J connectivity index is 1.66. The van der Waals surface area contributed by atoms with E-state index in [9.17, 15) is 0 Å². The van der Waals surface area contributed by atoms with Crippen LogP contribution in [0.2, 0.25) is 0 Å². The predicted molar refractivity (Wildman–Crippen MR) is 86.4 cm³/mol. The lowest BCUT2D eigenvalue weighted by atomic mass is 9.99. The summed E-state index contributed by atoms with van der Waals surface area (Å²) in [5, 5.41) is 4.89. The normalized spacial score (nSPS) is 26.1. The molecule has 2 atom stereocenters. The molecule has 2 heterocycles. The van der Waals surface area contributed by atoms with Crippen LogP contribution in [0.15, 0.2) is 30.3 Å². The highest BCUT2D eigenvalue weighted by atomic mass is 16.5.